The number of halogens is 1. The third-order valence-corrected chi connectivity index (χ3v) is 4.80. The molecule has 22 heavy (non-hydrogen) atoms. The minimum atomic E-state index is -0.00688. The monoisotopic (exact) mass is 331 g/mol. The van der Waals surface area contributed by atoms with Gasteiger partial charge in [0.2, 0.25) is 11.8 Å². The van der Waals surface area contributed by atoms with Crippen LogP contribution in [-0.2, 0) is 9.59 Å². The van der Waals surface area contributed by atoms with Crippen molar-refractivity contribution in [2.75, 3.05) is 13.1 Å². The first-order valence-electron chi connectivity index (χ1n) is 8.31. The zero-order chi connectivity index (χ0) is 15.4. The van der Waals surface area contributed by atoms with Gasteiger partial charge in [-0.1, -0.05) is 20.3 Å². The van der Waals surface area contributed by atoms with Crippen LogP contribution in [0.1, 0.15) is 52.4 Å². The number of likely N-dealkylation sites (tertiary alicyclic amines) is 1. The van der Waals surface area contributed by atoms with Crippen molar-refractivity contribution in [3.05, 3.63) is 0 Å². The summed E-state index contributed by atoms with van der Waals surface area (Å²) in [5.74, 6) is 0.628. The number of carbonyl (C=O) groups excluding carboxylic acids is 2. The van der Waals surface area contributed by atoms with Crippen LogP contribution in [0.5, 0.6) is 0 Å². The van der Waals surface area contributed by atoms with E-state index in [-0.39, 0.29) is 42.2 Å². The van der Waals surface area contributed by atoms with Crippen LogP contribution in [-0.4, -0.2) is 41.9 Å². The smallest absolute Gasteiger partial charge is 0.222 e. The highest BCUT2D eigenvalue weighted by molar-refractivity contribution is 5.85. The molecule has 3 atom stereocenters. The molecule has 0 radical (unpaired) electrons. The lowest BCUT2D eigenvalue weighted by Gasteiger charge is -2.34. The van der Waals surface area contributed by atoms with Crippen LogP contribution in [0.15, 0.2) is 0 Å². The average molecular weight is 332 g/mol. The van der Waals surface area contributed by atoms with E-state index >= 15 is 0 Å². The highest BCUT2D eigenvalue weighted by Crippen LogP contribution is 2.27. The van der Waals surface area contributed by atoms with Gasteiger partial charge in [-0.05, 0) is 31.6 Å². The second kappa shape index (κ2) is 8.73. The zero-order valence-corrected chi connectivity index (χ0v) is 14.5. The summed E-state index contributed by atoms with van der Waals surface area (Å²) >= 11 is 0. The Morgan fingerprint density at radius 1 is 1.23 bits per heavy atom. The molecule has 1 aliphatic carbocycles. The minimum absolute atomic E-state index is 0. The van der Waals surface area contributed by atoms with Gasteiger partial charge in [-0.15, -0.1) is 12.4 Å². The summed E-state index contributed by atoms with van der Waals surface area (Å²) in [6, 6.07) is 0.296. The molecule has 0 bridgehead atoms. The van der Waals surface area contributed by atoms with Gasteiger partial charge in [0.1, 0.15) is 0 Å². The maximum absolute atomic E-state index is 12.4. The van der Waals surface area contributed by atoms with E-state index in [4.69, 9.17) is 5.73 Å². The first-order chi connectivity index (χ1) is 9.97. The molecule has 6 heteroatoms. The molecule has 3 N–H and O–H groups in total. The van der Waals surface area contributed by atoms with Crippen molar-refractivity contribution in [2.24, 2.45) is 17.6 Å². The van der Waals surface area contributed by atoms with E-state index < -0.39 is 0 Å². The number of rotatable bonds is 4. The van der Waals surface area contributed by atoms with E-state index in [0.29, 0.717) is 18.9 Å². The van der Waals surface area contributed by atoms with Gasteiger partial charge in [-0.25, -0.2) is 0 Å². The van der Waals surface area contributed by atoms with Gasteiger partial charge in [0, 0.05) is 37.5 Å². The van der Waals surface area contributed by atoms with Crippen LogP contribution < -0.4 is 11.1 Å². The van der Waals surface area contributed by atoms with Crippen LogP contribution in [0.25, 0.3) is 0 Å². The van der Waals surface area contributed by atoms with Crippen molar-refractivity contribution in [2.45, 2.75) is 64.5 Å². The topological polar surface area (TPSA) is 75.4 Å². The standard InChI is InChI=1S/C16H29N3O2.ClH/c1-11(2)16(21)18-13-6-4-8-19(10-13)15(20)9-12-5-3-7-14(12)17;/h11-14H,3-10,17H2,1-2H3,(H,18,21);1H/t12-,13?,14+;/m0./s1. The Bertz CT molecular complexity index is 390. The van der Waals surface area contributed by atoms with Gasteiger partial charge in [-0.2, -0.15) is 0 Å². The van der Waals surface area contributed by atoms with Gasteiger partial charge in [0.15, 0.2) is 0 Å². The van der Waals surface area contributed by atoms with Crippen LogP contribution in [0.2, 0.25) is 0 Å². The molecule has 2 amide bonds. The lowest BCUT2D eigenvalue weighted by Crippen LogP contribution is -2.50. The van der Waals surface area contributed by atoms with Crippen LogP contribution in [0.4, 0.5) is 0 Å². The molecule has 5 nitrogen and oxygen atoms in total. The average Bonchev–Trinajstić information content (AvgIpc) is 2.84. The molecule has 1 heterocycles. The van der Waals surface area contributed by atoms with Crippen LogP contribution in [0, 0.1) is 11.8 Å². The lowest BCUT2D eigenvalue weighted by molar-refractivity contribution is -0.135. The van der Waals surface area contributed by atoms with Crippen LogP contribution >= 0.6 is 12.4 Å². The van der Waals surface area contributed by atoms with E-state index in [0.717, 1.165) is 38.6 Å². The number of carbonyl (C=O) groups is 2. The third-order valence-electron chi connectivity index (χ3n) is 4.80. The SMILES string of the molecule is CC(C)C(=O)NC1CCCN(C(=O)C[C@@H]2CCC[C@H]2N)C1.Cl. The summed E-state index contributed by atoms with van der Waals surface area (Å²) < 4.78 is 0. The Kier molecular flexibility index (Phi) is 7.63. The van der Waals surface area contributed by atoms with Crippen molar-refractivity contribution < 1.29 is 9.59 Å². The van der Waals surface area contributed by atoms with Crippen molar-refractivity contribution in [3.8, 4) is 0 Å². The van der Waals surface area contributed by atoms with Crippen molar-refractivity contribution in [3.63, 3.8) is 0 Å². The number of nitrogens with one attached hydrogen (secondary N) is 1. The quantitative estimate of drug-likeness (QED) is 0.823. The van der Waals surface area contributed by atoms with Crippen molar-refractivity contribution in [1.29, 1.82) is 0 Å². The van der Waals surface area contributed by atoms with E-state index in [2.05, 4.69) is 5.32 Å². The molecule has 0 aromatic heterocycles. The number of hydrogen-bond acceptors (Lipinski definition) is 3. The fourth-order valence-corrected chi connectivity index (χ4v) is 3.36. The molecule has 2 rings (SSSR count). The van der Waals surface area contributed by atoms with Gasteiger partial charge in [0.05, 0.1) is 0 Å². The Morgan fingerprint density at radius 3 is 2.55 bits per heavy atom. The second-order valence-corrected chi connectivity index (χ2v) is 6.90. The fourth-order valence-electron chi connectivity index (χ4n) is 3.36. The number of nitrogens with zero attached hydrogens (tertiary/aromatic N) is 1. The molecular formula is C16H30ClN3O2. The molecule has 0 aromatic rings. The molecule has 128 valence electrons. The van der Waals surface area contributed by atoms with Crippen molar-refractivity contribution in [1.82, 2.24) is 10.2 Å². The first-order valence-corrected chi connectivity index (χ1v) is 8.31. The molecule has 1 aliphatic heterocycles. The third kappa shape index (κ3) is 5.13. The largest absolute Gasteiger partial charge is 0.351 e. The Morgan fingerprint density at radius 2 is 1.95 bits per heavy atom. The molecular weight excluding hydrogens is 302 g/mol. The summed E-state index contributed by atoms with van der Waals surface area (Å²) in [5, 5.41) is 3.05. The number of amides is 2. The molecule has 0 spiro atoms. The Labute approximate surface area is 139 Å². The molecule has 1 saturated heterocycles. The highest BCUT2D eigenvalue weighted by Gasteiger charge is 2.30. The summed E-state index contributed by atoms with van der Waals surface area (Å²) in [5.41, 5.74) is 6.06. The zero-order valence-electron chi connectivity index (χ0n) is 13.7. The normalized spacial score (nSPS) is 28.4. The van der Waals surface area contributed by atoms with Gasteiger partial charge < -0.3 is 16.0 Å². The lowest BCUT2D eigenvalue weighted by atomic mass is 9.98. The van der Waals surface area contributed by atoms with Crippen LogP contribution in [0.3, 0.4) is 0 Å². The Hall–Kier alpha value is -0.810. The van der Waals surface area contributed by atoms with E-state index in [1.165, 1.54) is 0 Å². The summed E-state index contributed by atoms with van der Waals surface area (Å²) in [6.07, 6.45) is 5.77. The maximum Gasteiger partial charge on any atom is 0.222 e. The summed E-state index contributed by atoms with van der Waals surface area (Å²) in [7, 11) is 0. The van der Waals surface area contributed by atoms with E-state index in [1.54, 1.807) is 0 Å². The molecule has 1 unspecified atom stereocenters. The highest BCUT2D eigenvalue weighted by atomic mass is 35.5. The second-order valence-electron chi connectivity index (χ2n) is 6.90. The first kappa shape index (κ1) is 19.2. The fraction of sp³-hybridized carbons (Fsp3) is 0.875. The number of nitrogens with two attached hydrogens (primary N) is 1. The molecule has 1 saturated carbocycles. The molecule has 2 aliphatic rings. The van der Waals surface area contributed by atoms with E-state index in [9.17, 15) is 9.59 Å². The molecule has 0 aromatic carbocycles. The summed E-state index contributed by atoms with van der Waals surface area (Å²) in [4.78, 5) is 26.1. The molecule has 2 fully saturated rings. The number of piperidine rings is 1. The predicted molar refractivity (Wildman–Crippen MR) is 89.8 cm³/mol. The number of hydrogen-bond donors (Lipinski definition) is 2. The van der Waals surface area contributed by atoms with E-state index in [1.807, 2.05) is 18.7 Å². The van der Waals surface area contributed by atoms with Crippen molar-refractivity contribution >= 4 is 24.2 Å². The maximum atomic E-state index is 12.4. The Balaban J connectivity index is 0.00000242. The van der Waals surface area contributed by atoms with Gasteiger partial charge in [0.25, 0.3) is 0 Å². The minimum Gasteiger partial charge on any atom is -0.351 e. The summed E-state index contributed by atoms with van der Waals surface area (Å²) in [6.45, 7) is 5.25. The van der Waals surface area contributed by atoms with Gasteiger partial charge >= 0.3 is 0 Å². The predicted octanol–water partition coefficient (Wildman–Crippen LogP) is 1.69. The van der Waals surface area contributed by atoms with Gasteiger partial charge in [-0.3, -0.25) is 9.59 Å².